The quantitative estimate of drug-likeness (QED) is 0.906. The first kappa shape index (κ1) is 14.7. The molecule has 5 heteroatoms. The lowest BCUT2D eigenvalue weighted by atomic mass is 9.98. The van der Waals surface area contributed by atoms with Crippen LogP contribution < -0.4 is 5.73 Å². The first-order valence-electron chi connectivity index (χ1n) is 6.56. The number of rotatable bonds is 2. The molecule has 1 aromatic carbocycles. The van der Waals surface area contributed by atoms with Crippen LogP contribution in [0.3, 0.4) is 0 Å². The van der Waals surface area contributed by atoms with Gasteiger partial charge in [0.25, 0.3) is 0 Å². The topological polar surface area (TPSA) is 29.3 Å². The van der Waals surface area contributed by atoms with Gasteiger partial charge in [0.1, 0.15) is 0 Å². The van der Waals surface area contributed by atoms with Crippen LogP contribution in [0.5, 0.6) is 0 Å². The van der Waals surface area contributed by atoms with Crippen molar-refractivity contribution in [3.05, 3.63) is 35.4 Å². The molecule has 0 radical (unpaired) electrons. The summed E-state index contributed by atoms with van der Waals surface area (Å²) in [6.45, 7) is 2.37. The minimum absolute atomic E-state index is 0. The van der Waals surface area contributed by atoms with Crippen molar-refractivity contribution >= 4 is 12.4 Å². The van der Waals surface area contributed by atoms with E-state index < -0.39 is 11.6 Å². The van der Waals surface area contributed by atoms with Gasteiger partial charge in [-0.3, -0.25) is 4.90 Å². The zero-order valence-corrected chi connectivity index (χ0v) is 11.5. The summed E-state index contributed by atoms with van der Waals surface area (Å²) < 4.78 is 26.7. The highest BCUT2D eigenvalue weighted by atomic mass is 35.5. The summed E-state index contributed by atoms with van der Waals surface area (Å²) in [5, 5.41) is 0. The molecule has 2 nitrogen and oxygen atoms in total. The Morgan fingerprint density at radius 3 is 2.74 bits per heavy atom. The van der Waals surface area contributed by atoms with Crippen LogP contribution in [0.2, 0.25) is 0 Å². The van der Waals surface area contributed by atoms with Crippen molar-refractivity contribution < 1.29 is 8.78 Å². The number of benzene rings is 1. The molecule has 1 aliphatic carbocycles. The lowest BCUT2D eigenvalue weighted by Crippen LogP contribution is -2.30. The van der Waals surface area contributed by atoms with Gasteiger partial charge in [-0.1, -0.05) is 12.1 Å². The Balaban J connectivity index is 0.00000133. The summed E-state index contributed by atoms with van der Waals surface area (Å²) in [4.78, 5) is 2.20. The monoisotopic (exact) mass is 288 g/mol. The fraction of sp³-hybridized carbons (Fsp3) is 0.571. The second-order valence-corrected chi connectivity index (χ2v) is 5.57. The number of likely N-dealkylation sites (tertiary alicyclic amines) is 1. The van der Waals surface area contributed by atoms with Gasteiger partial charge in [0.05, 0.1) is 0 Å². The van der Waals surface area contributed by atoms with Crippen molar-refractivity contribution in [3.63, 3.8) is 0 Å². The Morgan fingerprint density at radius 2 is 2.00 bits per heavy atom. The average molecular weight is 289 g/mol. The summed E-state index contributed by atoms with van der Waals surface area (Å²) in [5.41, 5.74) is 6.52. The molecule has 2 fully saturated rings. The van der Waals surface area contributed by atoms with Crippen molar-refractivity contribution in [3.8, 4) is 0 Å². The fourth-order valence-electron chi connectivity index (χ4n) is 3.44. The first-order chi connectivity index (χ1) is 8.65. The minimum Gasteiger partial charge on any atom is -0.327 e. The van der Waals surface area contributed by atoms with E-state index >= 15 is 0 Å². The summed E-state index contributed by atoms with van der Waals surface area (Å²) in [5.74, 6) is -0.277. The maximum atomic E-state index is 13.6. The summed E-state index contributed by atoms with van der Waals surface area (Å²) in [6.07, 6.45) is 2.28. The third-order valence-electron chi connectivity index (χ3n) is 4.41. The van der Waals surface area contributed by atoms with Crippen LogP contribution in [-0.4, -0.2) is 24.0 Å². The third kappa shape index (κ3) is 2.76. The maximum absolute atomic E-state index is 13.6. The summed E-state index contributed by atoms with van der Waals surface area (Å²) in [7, 11) is 0. The van der Waals surface area contributed by atoms with Crippen LogP contribution >= 0.6 is 12.4 Å². The first-order valence-corrected chi connectivity index (χ1v) is 6.56. The summed E-state index contributed by atoms with van der Waals surface area (Å²) in [6, 6.07) is 4.67. The number of hydrogen-bond acceptors (Lipinski definition) is 2. The number of hydrogen-bond donors (Lipinski definition) is 1. The van der Waals surface area contributed by atoms with Crippen molar-refractivity contribution in [1.29, 1.82) is 0 Å². The Hall–Kier alpha value is -0.710. The number of halogens is 3. The van der Waals surface area contributed by atoms with Gasteiger partial charge in [0.15, 0.2) is 11.6 Å². The molecule has 1 saturated heterocycles. The second-order valence-electron chi connectivity index (χ2n) is 5.57. The number of fused-ring (bicyclic) bond motifs is 1. The average Bonchev–Trinajstić information content (AvgIpc) is 2.88. The molecule has 0 bridgehead atoms. The molecule has 3 unspecified atom stereocenters. The molecule has 1 aromatic rings. The smallest absolute Gasteiger partial charge is 0.163 e. The van der Waals surface area contributed by atoms with Gasteiger partial charge in [-0.2, -0.15) is 0 Å². The van der Waals surface area contributed by atoms with Gasteiger partial charge in [-0.15, -0.1) is 12.4 Å². The van der Waals surface area contributed by atoms with Gasteiger partial charge >= 0.3 is 0 Å². The van der Waals surface area contributed by atoms with E-state index in [9.17, 15) is 8.78 Å². The van der Waals surface area contributed by atoms with Gasteiger partial charge in [-0.25, -0.2) is 8.78 Å². The third-order valence-corrected chi connectivity index (χ3v) is 4.41. The second kappa shape index (κ2) is 5.73. The zero-order chi connectivity index (χ0) is 12.7. The molecule has 19 heavy (non-hydrogen) atoms. The standard InChI is InChI=1S/C14H18F2N2.ClH/c15-12-3-1-2-10(14(12)16)7-18-6-9-4-5-13(17)11(9)8-18;/h1-3,9,11,13H,4-8,17H2;1H. The van der Waals surface area contributed by atoms with E-state index in [1.165, 1.54) is 6.42 Å². The van der Waals surface area contributed by atoms with Crippen LogP contribution in [-0.2, 0) is 6.54 Å². The summed E-state index contributed by atoms with van der Waals surface area (Å²) >= 11 is 0. The van der Waals surface area contributed by atoms with Crippen LogP contribution in [0.1, 0.15) is 18.4 Å². The van der Waals surface area contributed by atoms with Crippen molar-refractivity contribution in [2.45, 2.75) is 25.4 Å². The Morgan fingerprint density at radius 1 is 1.21 bits per heavy atom. The fourth-order valence-corrected chi connectivity index (χ4v) is 3.44. The lowest BCUT2D eigenvalue weighted by Gasteiger charge is -2.18. The molecule has 1 saturated carbocycles. The molecular weight excluding hydrogens is 270 g/mol. The maximum Gasteiger partial charge on any atom is 0.163 e. The molecule has 1 heterocycles. The number of nitrogens with two attached hydrogens (primary N) is 1. The highest BCUT2D eigenvalue weighted by Crippen LogP contribution is 2.37. The number of nitrogens with zero attached hydrogens (tertiary/aromatic N) is 1. The van der Waals surface area contributed by atoms with Crippen LogP contribution in [0, 0.1) is 23.5 Å². The van der Waals surface area contributed by atoms with Crippen molar-refractivity contribution in [2.24, 2.45) is 17.6 Å². The molecule has 0 spiro atoms. The molecule has 2 N–H and O–H groups in total. The molecule has 3 rings (SSSR count). The van der Waals surface area contributed by atoms with Crippen molar-refractivity contribution in [2.75, 3.05) is 13.1 Å². The minimum atomic E-state index is -0.761. The molecule has 106 valence electrons. The van der Waals surface area contributed by atoms with Gasteiger partial charge in [0, 0.05) is 31.2 Å². The van der Waals surface area contributed by atoms with Crippen LogP contribution in [0.4, 0.5) is 8.78 Å². The zero-order valence-electron chi connectivity index (χ0n) is 10.7. The predicted octanol–water partition coefficient (Wildman–Crippen LogP) is 2.56. The molecule has 2 aliphatic rings. The van der Waals surface area contributed by atoms with E-state index in [-0.39, 0.29) is 18.4 Å². The molecule has 0 amide bonds. The SMILES string of the molecule is Cl.NC1CCC2CN(Cc3cccc(F)c3F)CC12. The van der Waals surface area contributed by atoms with Crippen LogP contribution in [0.15, 0.2) is 18.2 Å². The Labute approximate surface area is 118 Å². The molecule has 3 atom stereocenters. The predicted molar refractivity (Wildman–Crippen MR) is 73.1 cm³/mol. The highest BCUT2D eigenvalue weighted by Gasteiger charge is 2.40. The largest absolute Gasteiger partial charge is 0.327 e. The Kier molecular flexibility index (Phi) is 4.43. The van der Waals surface area contributed by atoms with Gasteiger partial charge in [0.2, 0.25) is 0 Å². The molecule has 1 aliphatic heterocycles. The normalized spacial score (nSPS) is 30.2. The lowest BCUT2D eigenvalue weighted by molar-refractivity contribution is 0.292. The van der Waals surface area contributed by atoms with E-state index in [0.717, 1.165) is 25.6 Å². The molecular formula is C14H19ClF2N2. The molecule has 0 aromatic heterocycles. The van der Waals surface area contributed by atoms with Gasteiger partial charge < -0.3 is 5.73 Å². The van der Waals surface area contributed by atoms with E-state index in [0.29, 0.717) is 23.9 Å². The van der Waals surface area contributed by atoms with E-state index in [2.05, 4.69) is 4.90 Å². The van der Waals surface area contributed by atoms with Crippen molar-refractivity contribution in [1.82, 2.24) is 4.90 Å². The van der Waals surface area contributed by atoms with E-state index in [1.54, 1.807) is 12.1 Å². The Bertz CT molecular complexity index is 455. The van der Waals surface area contributed by atoms with E-state index in [1.807, 2.05) is 0 Å². The van der Waals surface area contributed by atoms with E-state index in [4.69, 9.17) is 5.73 Å². The van der Waals surface area contributed by atoms with Gasteiger partial charge in [-0.05, 0) is 30.7 Å². The van der Waals surface area contributed by atoms with Crippen LogP contribution in [0.25, 0.3) is 0 Å². The highest BCUT2D eigenvalue weighted by molar-refractivity contribution is 5.85.